The van der Waals surface area contributed by atoms with Crippen molar-refractivity contribution in [3.8, 4) is 5.75 Å². The molecule has 4 aromatic rings. The smallest absolute Gasteiger partial charge is 0.271 e. The van der Waals surface area contributed by atoms with Crippen molar-refractivity contribution in [3.63, 3.8) is 0 Å². The molecule has 0 radical (unpaired) electrons. The fourth-order valence-corrected chi connectivity index (χ4v) is 3.22. The van der Waals surface area contributed by atoms with Crippen molar-refractivity contribution in [2.24, 2.45) is 0 Å². The van der Waals surface area contributed by atoms with Gasteiger partial charge in [-0.25, -0.2) is 0 Å². The number of hydrazine groups is 1. The monoisotopic (exact) mass is 428 g/mol. The van der Waals surface area contributed by atoms with Crippen LogP contribution in [0.1, 0.15) is 10.4 Å². The normalized spacial score (nSPS) is 10.5. The summed E-state index contributed by atoms with van der Waals surface area (Å²) in [6.07, 6.45) is 0. The van der Waals surface area contributed by atoms with Crippen LogP contribution in [0.4, 0.5) is 28.4 Å². The fraction of sp³-hybridized carbons (Fsp3) is 0. The Kier molecular flexibility index (Phi) is 5.45. The van der Waals surface area contributed by atoms with Crippen molar-refractivity contribution in [2.75, 3.05) is 21.9 Å². The zero-order valence-electron chi connectivity index (χ0n) is 16.7. The fourth-order valence-electron chi connectivity index (χ4n) is 3.22. The van der Waals surface area contributed by atoms with E-state index >= 15 is 0 Å². The first-order valence-corrected chi connectivity index (χ1v) is 9.58. The molecule has 9 nitrogen and oxygen atoms in total. The molecule has 0 aliphatic carbocycles. The Labute approximate surface area is 182 Å². The molecule has 0 bridgehead atoms. The molecule has 0 aromatic heterocycles. The van der Waals surface area contributed by atoms with Crippen LogP contribution in [0.25, 0.3) is 10.8 Å². The van der Waals surface area contributed by atoms with Gasteiger partial charge in [0.05, 0.1) is 16.3 Å². The molecular weight excluding hydrogens is 410 g/mol. The zero-order valence-corrected chi connectivity index (χ0v) is 16.7. The van der Waals surface area contributed by atoms with Gasteiger partial charge in [0.25, 0.3) is 11.6 Å². The summed E-state index contributed by atoms with van der Waals surface area (Å²) in [6.45, 7) is 0. The Morgan fingerprint density at radius 2 is 1.62 bits per heavy atom. The van der Waals surface area contributed by atoms with Crippen LogP contribution in [-0.4, -0.2) is 10.8 Å². The van der Waals surface area contributed by atoms with Crippen LogP contribution >= 0.6 is 0 Å². The van der Waals surface area contributed by atoms with E-state index in [1.54, 1.807) is 48.5 Å². The Balaban J connectivity index is 1.68. The summed E-state index contributed by atoms with van der Waals surface area (Å²) < 4.78 is 0. The first kappa shape index (κ1) is 20.5. The molecule has 1 amide bonds. The van der Waals surface area contributed by atoms with E-state index in [0.29, 0.717) is 22.1 Å². The van der Waals surface area contributed by atoms with Gasteiger partial charge in [-0.1, -0.05) is 36.1 Å². The lowest BCUT2D eigenvalue weighted by molar-refractivity contribution is -0.384. The number of nitrogens with one attached hydrogen (secondary N) is 3. The van der Waals surface area contributed by atoms with Gasteiger partial charge >= 0.3 is 0 Å². The highest BCUT2D eigenvalue weighted by atomic mass is 16.6. The van der Waals surface area contributed by atoms with Crippen molar-refractivity contribution >= 4 is 45.1 Å². The minimum atomic E-state index is -0.670. The molecule has 9 heteroatoms. The maximum absolute atomic E-state index is 13.2. The second-order valence-electron chi connectivity index (χ2n) is 6.98. The third kappa shape index (κ3) is 4.21. The van der Waals surface area contributed by atoms with Crippen molar-refractivity contribution in [2.45, 2.75) is 0 Å². The highest BCUT2D eigenvalue weighted by Gasteiger charge is 2.15. The molecule has 0 saturated carbocycles. The van der Waals surface area contributed by atoms with Gasteiger partial charge in [0, 0.05) is 34.5 Å². The van der Waals surface area contributed by atoms with E-state index in [4.69, 9.17) is 5.73 Å². The quantitative estimate of drug-likeness (QED) is 0.205. The van der Waals surface area contributed by atoms with Crippen LogP contribution in [0.15, 0.2) is 78.9 Å². The molecule has 32 heavy (non-hydrogen) atoms. The number of benzene rings is 4. The maximum Gasteiger partial charge on any atom is 0.271 e. The number of fused-ring (bicyclic) bond motifs is 1. The summed E-state index contributed by atoms with van der Waals surface area (Å²) in [4.78, 5) is 23.3. The SMILES string of the molecule is Nc1ccc(NNc2c([O-])c(C(=O)Nc3cccc([N+](=O)[O-])c3)cc3ccccc23)cc1. The summed E-state index contributed by atoms with van der Waals surface area (Å²) >= 11 is 0. The number of hydrogen-bond acceptors (Lipinski definition) is 7. The van der Waals surface area contributed by atoms with Gasteiger partial charge in [0.2, 0.25) is 0 Å². The number of carbonyl (C=O) groups is 1. The number of nitro groups is 1. The summed E-state index contributed by atoms with van der Waals surface area (Å²) in [5.41, 5.74) is 13.0. The largest absolute Gasteiger partial charge is 0.870 e. The van der Waals surface area contributed by atoms with E-state index in [-0.39, 0.29) is 22.6 Å². The maximum atomic E-state index is 13.2. The van der Waals surface area contributed by atoms with E-state index < -0.39 is 16.6 Å². The number of amides is 1. The van der Waals surface area contributed by atoms with E-state index in [1.807, 2.05) is 0 Å². The number of anilines is 4. The predicted octanol–water partition coefficient (Wildman–Crippen LogP) is 4.10. The average molecular weight is 428 g/mol. The van der Waals surface area contributed by atoms with Gasteiger partial charge in [-0.2, -0.15) is 0 Å². The Morgan fingerprint density at radius 1 is 0.875 bits per heavy atom. The number of nitrogens with zero attached hydrogens (tertiary/aromatic N) is 1. The van der Waals surface area contributed by atoms with Crippen molar-refractivity contribution < 1.29 is 14.8 Å². The number of non-ortho nitro benzene ring substituents is 1. The Morgan fingerprint density at radius 3 is 2.38 bits per heavy atom. The average Bonchev–Trinajstić information content (AvgIpc) is 2.79. The molecule has 4 rings (SSSR count). The third-order valence-corrected chi connectivity index (χ3v) is 4.80. The molecule has 0 fully saturated rings. The van der Waals surface area contributed by atoms with Crippen molar-refractivity contribution in [1.82, 2.24) is 0 Å². The summed E-state index contributed by atoms with van der Waals surface area (Å²) in [6, 6.07) is 21.1. The molecule has 0 saturated heterocycles. The molecule has 0 heterocycles. The lowest BCUT2D eigenvalue weighted by atomic mass is 10.0. The first-order chi connectivity index (χ1) is 15.4. The van der Waals surface area contributed by atoms with Gasteiger partial charge in [0.15, 0.2) is 0 Å². The molecule has 0 unspecified atom stereocenters. The van der Waals surface area contributed by atoms with Crippen LogP contribution < -0.4 is 27.0 Å². The van der Waals surface area contributed by atoms with Crippen molar-refractivity contribution in [3.05, 3.63) is 94.5 Å². The van der Waals surface area contributed by atoms with E-state index in [1.165, 1.54) is 30.3 Å². The predicted molar refractivity (Wildman–Crippen MR) is 123 cm³/mol. The second-order valence-corrected chi connectivity index (χ2v) is 6.98. The van der Waals surface area contributed by atoms with E-state index in [2.05, 4.69) is 16.2 Å². The lowest BCUT2D eigenvalue weighted by Crippen LogP contribution is -2.18. The number of hydrogen-bond donors (Lipinski definition) is 4. The van der Waals surface area contributed by atoms with Crippen LogP contribution in [0, 0.1) is 10.1 Å². The summed E-state index contributed by atoms with van der Waals surface area (Å²) in [5, 5.41) is 28.0. The molecule has 0 aliphatic heterocycles. The summed E-state index contributed by atoms with van der Waals surface area (Å²) in [5.74, 6) is -1.19. The van der Waals surface area contributed by atoms with Gasteiger partial charge in [-0.15, -0.1) is 0 Å². The molecular formula is C23H18N5O4-. The highest BCUT2D eigenvalue weighted by Crippen LogP contribution is 2.35. The minimum absolute atomic E-state index is 0.100. The number of nitrogens with two attached hydrogens (primary N) is 1. The van der Waals surface area contributed by atoms with Gasteiger partial charge in [-0.3, -0.25) is 14.9 Å². The van der Waals surface area contributed by atoms with Gasteiger partial charge in [-0.05, 0) is 41.8 Å². The van der Waals surface area contributed by atoms with Crippen LogP contribution in [0.2, 0.25) is 0 Å². The molecule has 160 valence electrons. The molecule has 4 aromatic carbocycles. The summed E-state index contributed by atoms with van der Waals surface area (Å²) in [7, 11) is 0. The van der Waals surface area contributed by atoms with E-state index in [9.17, 15) is 20.0 Å². The minimum Gasteiger partial charge on any atom is -0.870 e. The molecule has 5 N–H and O–H groups in total. The number of nitrogen functional groups attached to an aromatic ring is 1. The van der Waals surface area contributed by atoms with Crippen LogP contribution in [0.5, 0.6) is 5.75 Å². The molecule has 0 aliphatic rings. The topological polar surface area (TPSA) is 145 Å². The standard InChI is InChI=1S/C23H19N5O4/c24-15-8-10-16(11-9-15)26-27-21-19-7-2-1-4-14(19)12-20(22(21)29)23(30)25-17-5-3-6-18(13-17)28(31)32/h1-13,26-27,29H,24H2,(H,25,30)/p-1. The highest BCUT2D eigenvalue weighted by molar-refractivity contribution is 6.12. The zero-order chi connectivity index (χ0) is 22.7. The number of nitro benzene ring substituents is 1. The number of rotatable bonds is 6. The number of carbonyl (C=O) groups excluding carboxylic acids is 1. The third-order valence-electron chi connectivity index (χ3n) is 4.80. The first-order valence-electron chi connectivity index (χ1n) is 9.58. The molecule has 0 spiro atoms. The lowest BCUT2D eigenvalue weighted by Gasteiger charge is -2.23. The van der Waals surface area contributed by atoms with E-state index in [0.717, 1.165) is 0 Å². The Bertz CT molecular complexity index is 1320. The van der Waals surface area contributed by atoms with Crippen molar-refractivity contribution in [1.29, 1.82) is 0 Å². The Hall–Kier alpha value is -4.79. The van der Waals surface area contributed by atoms with Crippen LogP contribution in [0.3, 0.4) is 0 Å². The second kappa shape index (κ2) is 8.52. The molecule has 0 atom stereocenters. The van der Waals surface area contributed by atoms with Crippen LogP contribution in [-0.2, 0) is 0 Å². The van der Waals surface area contributed by atoms with Gasteiger partial charge in [0.1, 0.15) is 0 Å². The van der Waals surface area contributed by atoms with Gasteiger partial charge < -0.3 is 27.0 Å².